The van der Waals surface area contributed by atoms with Gasteiger partial charge in [0.2, 0.25) is 5.91 Å². The van der Waals surface area contributed by atoms with Crippen molar-refractivity contribution < 1.29 is 14.4 Å². The Morgan fingerprint density at radius 1 is 1.13 bits per heavy atom. The topological polar surface area (TPSA) is 84.6 Å². The monoisotopic (exact) mass is 420 g/mol. The number of carbonyl (C=O) groups is 3. The van der Waals surface area contributed by atoms with Gasteiger partial charge in [-0.2, -0.15) is 5.10 Å². The van der Waals surface area contributed by atoms with E-state index in [1.165, 1.54) is 0 Å². The Morgan fingerprint density at radius 2 is 1.84 bits per heavy atom. The molecule has 0 atom stereocenters. The summed E-state index contributed by atoms with van der Waals surface area (Å²) < 4.78 is 1.61. The molecule has 7 nitrogen and oxygen atoms in total. The Hall–Kier alpha value is -3.09. The molecule has 162 valence electrons. The minimum absolute atomic E-state index is 0.0116. The number of ketones is 2. The number of piperidine rings is 1. The molecule has 1 saturated heterocycles. The molecule has 0 spiro atoms. The van der Waals surface area contributed by atoms with Crippen LogP contribution in [0.15, 0.2) is 35.5 Å². The van der Waals surface area contributed by atoms with Crippen LogP contribution in [0.5, 0.6) is 0 Å². The molecule has 1 aromatic carbocycles. The zero-order valence-electron chi connectivity index (χ0n) is 18.1. The SMILES string of the molecule is Cc1ccc(C(=O)C2CCN(C(=O)CCCC3=Nc4c(cnn4C)C(=O)C3)CC2)cc1. The van der Waals surface area contributed by atoms with E-state index >= 15 is 0 Å². The molecule has 7 heteroatoms. The second-order valence-corrected chi connectivity index (χ2v) is 8.52. The smallest absolute Gasteiger partial charge is 0.222 e. The van der Waals surface area contributed by atoms with Gasteiger partial charge in [0.1, 0.15) is 0 Å². The maximum absolute atomic E-state index is 12.7. The van der Waals surface area contributed by atoms with E-state index in [1.54, 1.807) is 17.9 Å². The summed E-state index contributed by atoms with van der Waals surface area (Å²) in [7, 11) is 1.77. The molecule has 0 unspecified atom stereocenters. The van der Waals surface area contributed by atoms with Crippen LogP contribution in [0.25, 0.3) is 0 Å². The Labute approximate surface area is 182 Å². The van der Waals surface area contributed by atoms with Gasteiger partial charge in [-0.1, -0.05) is 29.8 Å². The second kappa shape index (κ2) is 8.96. The fourth-order valence-corrected chi connectivity index (χ4v) is 4.32. The second-order valence-electron chi connectivity index (χ2n) is 8.52. The number of aromatic nitrogens is 2. The molecule has 4 rings (SSSR count). The van der Waals surface area contributed by atoms with Crippen LogP contribution < -0.4 is 0 Å². The van der Waals surface area contributed by atoms with Gasteiger partial charge in [0.15, 0.2) is 17.4 Å². The van der Waals surface area contributed by atoms with Gasteiger partial charge in [-0.15, -0.1) is 0 Å². The van der Waals surface area contributed by atoms with Gasteiger partial charge >= 0.3 is 0 Å². The molecule has 2 aliphatic heterocycles. The number of carbonyl (C=O) groups excluding carboxylic acids is 3. The van der Waals surface area contributed by atoms with Gasteiger partial charge in [0, 0.05) is 50.2 Å². The normalized spacial score (nSPS) is 16.8. The van der Waals surface area contributed by atoms with Crippen LogP contribution in [0, 0.1) is 12.8 Å². The molecule has 1 amide bonds. The van der Waals surface area contributed by atoms with Crippen LogP contribution in [0.4, 0.5) is 5.82 Å². The Balaban J connectivity index is 1.24. The molecule has 31 heavy (non-hydrogen) atoms. The molecular formula is C24H28N4O3. The van der Waals surface area contributed by atoms with Gasteiger partial charge in [-0.3, -0.25) is 19.1 Å². The van der Waals surface area contributed by atoms with Gasteiger partial charge in [0.25, 0.3) is 0 Å². The minimum Gasteiger partial charge on any atom is -0.343 e. The number of Topliss-reactive ketones (excluding diaryl/α,β-unsaturated/α-hetero) is 2. The molecule has 1 fully saturated rings. The zero-order chi connectivity index (χ0) is 22.0. The van der Waals surface area contributed by atoms with E-state index in [2.05, 4.69) is 10.1 Å². The maximum atomic E-state index is 12.7. The van der Waals surface area contributed by atoms with Crippen molar-refractivity contribution in [3.63, 3.8) is 0 Å². The molecule has 0 bridgehead atoms. The van der Waals surface area contributed by atoms with Crippen LogP contribution in [0.2, 0.25) is 0 Å². The highest BCUT2D eigenvalue weighted by Gasteiger charge is 2.28. The highest BCUT2D eigenvalue weighted by atomic mass is 16.2. The van der Waals surface area contributed by atoms with Crippen molar-refractivity contribution >= 4 is 29.0 Å². The number of hydrogen-bond acceptors (Lipinski definition) is 5. The van der Waals surface area contributed by atoms with E-state index in [1.807, 2.05) is 36.1 Å². The number of amides is 1. The summed E-state index contributed by atoms with van der Waals surface area (Å²) in [5, 5.41) is 4.10. The number of rotatable bonds is 6. The predicted octanol–water partition coefficient (Wildman–Crippen LogP) is 3.68. The van der Waals surface area contributed by atoms with Crippen LogP contribution in [0.1, 0.15) is 64.8 Å². The third-order valence-corrected chi connectivity index (χ3v) is 6.25. The summed E-state index contributed by atoms with van der Waals surface area (Å²) in [6, 6.07) is 7.71. The summed E-state index contributed by atoms with van der Waals surface area (Å²) in [6.45, 7) is 3.25. The third kappa shape index (κ3) is 4.65. The lowest BCUT2D eigenvalue weighted by Crippen LogP contribution is -2.40. The highest BCUT2D eigenvalue weighted by Crippen LogP contribution is 2.27. The lowest BCUT2D eigenvalue weighted by Gasteiger charge is -2.31. The number of likely N-dealkylation sites (tertiary alicyclic amines) is 1. The van der Waals surface area contributed by atoms with E-state index in [0.717, 1.165) is 16.8 Å². The first-order valence-electron chi connectivity index (χ1n) is 10.9. The van der Waals surface area contributed by atoms with Crippen molar-refractivity contribution in [3.05, 3.63) is 47.2 Å². The Bertz CT molecular complexity index is 1030. The summed E-state index contributed by atoms with van der Waals surface area (Å²) in [6.07, 6.45) is 5.02. The Morgan fingerprint density at radius 3 is 2.55 bits per heavy atom. The van der Waals surface area contributed by atoms with Gasteiger partial charge in [0.05, 0.1) is 11.8 Å². The van der Waals surface area contributed by atoms with Crippen LogP contribution >= 0.6 is 0 Å². The molecule has 3 heterocycles. The van der Waals surface area contributed by atoms with E-state index in [-0.39, 0.29) is 23.4 Å². The zero-order valence-corrected chi connectivity index (χ0v) is 18.1. The van der Waals surface area contributed by atoms with E-state index in [0.29, 0.717) is 63.0 Å². The average Bonchev–Trinajstić information content (AvgIpc) is 3.15. The van der Waals surface area contributed by atoms with Crippen molar-refractivity contribution in [2.45, 2.75) is 45.4 Å². The van der Waals surface area contributed by atoms with Crippen molar-refractivity contribution in [1.82, 2.24) is 14.7 Å². The third-order valence-electron chi connectivity index (χ3n) is 6.25. The van der Waals surface area contributed by atoms with Crippen LogP contribution in [-0.2, 0) is 11.8 Å². The number of aryl methyl sites for hydroxylation is 2. The maximum Gasteiger partial charge on any atom is 0.222 e. The molecule has 1 aromatic heterocycles. The van der Waals surface area contributed by atoms with Gasteiger partial charge in [-0.25, -0.2) is 4.99 Å². The summed E-state index contributed by atoms with van der Waals surface area (Å²) >= 11 is 0. The first kappa shape index (κ1) is 21.2. The summed E-state index contributed by atoms with van der Waals surface area (Å²) in [5.74, 6) is 0.937. The van der Waals surface area contributed by atoms with Gasteiger partial charge < -0.3 is 4.90 Å². The summed E-state index contributed by atoms with van der Waals surface area (Å²) in [4.78, 5) is 44.0. The van der Waals surface area contributed by atoms with Crippen molar-refractivity contribution in [2.75, 3.05) is 13.1 Å². The van der Waals surface area contributed by atoms with Crippen molar-refractivity contribution in [1.29, 1.82) is 0 Å². The highest BCUT2D eigenvalue weighted by molar-refractivity contribution is 6.15. The predicted molar refractivity (Wildman–Crippen MR) is 118 cm³/mol. The Kier molecular flexibility index (Phi) is 6.11. The largest absolute Gasteiger partial charge is 0.343 e. The molecule has 2 aliphatic rings. The first-order chi connectivity index (χ1) is 14.9. The molecule has 0 radical (unpaired) electrons. The first-order valence-corrected chi connectivity index (χ1v) is 10.9. The number of hydrogen-bond donors (Lipinski definition) is 0. The minimum atomic E-state index is -0.0116. The number of nitrogens with zero attached hydrogens (tertiary/aromatic N) is 4. The number of fused-ring (bicyclic) bond motifs is 1. The lowest BCUT2D eigenvalue weighted by atomic mass is 9.88. The van der Waals surface area contributed by atoms with Crippen molar-refractivity contribution in [3.8, 4) is 0 Å². The van der Waals surface area contributed by atoms with Gasteiger partial charge in [-0.05, 0) is 32.6 Å². The molecular weight excluding hydrogens is 392 g/mol. The summed E-state index contributed by atoms with van der Waals surface area (Å²) in [5.41, 5.74) is 3.29. The van der Waals surface area contributed by atoms with Crippen LogP contribution in [0.3, 0.4) is 0 Å². The lowest BCUT2D eigenvalue weighted by molar-refractivity contribution is -0.132. The fraction of sp³-hybridized carbons (Fsp3) is 0.458. The standard InChI is InChI=1S/C24H28N4O3/c1-16-6-8-17(9-7-16)23(31)18-10-12-28(13-11-18)22(30)5-3-4-19-14-21(29)20-15-25-27(2)24(20)26-19/h6-9,15,18H,3-5,10-14H2,1-2H3. The number of aliphatic imine (C=N–C) groups is 1. The van der Waals surface area contributed by atoms with E-state index < -0.39 is 0 Å². The quantitative estimate of drug-likeness (QED) is 0.667. The molecule has 2 aromatic rings. The average molecular weight is 421 g/mol. The molecule has 0 aliphatic carbocycles. The van der Waals surface area contributed by atoms with E-state index in [4.69, 9.17) is 0 Å². The van der Waals surface area contributed by atoms with E-state index in [9.17, 15) is 14.4 Å². The fourth-order valence-electron chi connectivity index (χ4n) is 4.32. The molecule has 0 saturated carbocycles. The number of benzene rings is 1. The van der Waals surface area contributed by atoms with Crippen LogP contribution in [-0.4, -0.2) is 51.0 Å². The molecule has 0 N–H and O–H groups in total. The van der Waals surface area contributed by atoms with Crippen molar-refractivity contribution in [2.24, 2.45) is 18.0 Å².